The number of benzene rings is 2. The number of amides is 1. The van der Waals surface area contributed by atoms with Crippen molar-refractivity contribution < 1.29 is 23.0 Å². The van der Waals surface area contributed by atoms with Gasteiger partial charge in [0.25, 0.3) is 5.91 Å². The molecule has 144 valence electrons. The summed E-state index contributed by atoms with van der Waals surface area (Å²) < 4.78 is 37.8. The van der Waals surface area contributed by atoms with Gasteiger partial charge in [0.15, 0.2) is 0 Å². The van der Waals surface area contributed by atoms with E-state index < -0.39 is 23.2 Å². The van der Waals surface area contributed by atoms with Crippen LogP contribution in [0.5, 0.6) is 11.5 Å². The molecule has 0 aliphatic rings. The van der Waals surface area contributed by atoms with E-state index in [1.165, 1.54) is 18.3 Å². The monoisotopic (exact) mass is 385 g/mol. The minimum absolute atomic E-state index is 0.00538. The van der Waals surface area contributed by atoms with Crippen molar-refractivity contribution in [1.29, 1.82) is 0 Å². The predicted molar refractivity (Wildman–Crippen MR) is 101 cm³/mol. The van der Waals surface area contributed by atoms with E-state index in [4.69, 9.17) is 9.47 Å². The van der Waals surface area contributed by atoms with Crippen molar-refractivity contribution in [2.75, 3.05) is 24.9 Å². The number of carbonyl (C=O) groups excluding carboxylic acids is 1. The van der Waals surface area contributed by atoms with Crippen molar-refractivity contribution >= 4 is 23.0 Å². The maximum Gasteiger partial charge on any atom is 0.274 e. The number of hydrogen-bond acceptors (Lipinski definition) is 5. The van der Waals surface area contributed by atoms with E-state index in [0.29, 0.717) is 22.9 Å². The van der Waals surface area contributed by atoms with Gasteiger partial charge in [-0.3, -0.25) is 4.79 Å². The van der Waals surface area contributed by atoms with Gasteiger partial charge in [0.2, 0.25) is 0 Å². The molecule has 0 saturated carbocycles. The van der Waals surface area contributed by atoms with Gasteiger partial charge < -0.3 is 20.1 Å². The summed E-state index contributed by atoms with van der Waals surface area (Å²) in [7, 11) is 3.10. The van der Waals surface area contributed by atoms with Crippen LogP contribution in [0.4, 0.5) is 25.8 Å². The topological polar surface area (TPSA) is 72.5 Å². The summed E-state index contributed by atoms with van der Waals surface area (Å²) in [5.41, 5.74) is 0.720. The zero-order chi connectivity index (χ0) is 20.1. The number of hydrogen-bond donors (Lipinski definition) is 2. The summed E-state index contributed by atoms with van der Waals surface area (Å²) in [5.74, 6) is -1.22. The number of rotatable bonds is 6. The number of nitrogens with one attached hydrogen (secondary N) is 2. The van der Waals surface area contributed by atoms with Crippen molar-refractivity contribution in [2.45, 2.75) is 0 Å². The number of ether oxygens (including phenoxy) is 2. The van der Waals surface area contributed by atoms with Gasteiger partial charge in [0, 0.05) is 6.07 Å². The fourth-order valence-electron chi connectivity index (χ4n) is 2.46. The van der Waals surface area contributed by atoms with E-state index in [0.717, 1.165) is 12.1 Å². The zero-order valence-corrected chi connectivity index (χ0v) is 15.1. The second-order valence-electron chi connectivity index (χ2n) is 5.67. The molecule has 1 heterocycles. The number of aromatic nitrogens is 1. The molecule has 0 unspecified atom stereocenters. The van der Waals surface area contributed by atoms with Gasteiger partial charge in [-0.1, -0.05) is 6.07 Å². The molecule has 0 fully saturated rings. The van der Waals surface area contributed by atoms with Crippen LogP contribution >= 0.6 is 0 Å². The SMILES string of the molecule is COc1ccc(OC)c(Nc2ccc(C(=O)Nc3c(F)cccc3F)nc2)c1. The normalized spacial score (nSPS) is 10.3. The number of halogens is 2. The van der Waals surface area contributed by atoms with E-state index in [9.17, 15) is 13.6 Å². The third kappa shape index (κ3) is 4.17. The van der Waals surface area contributed by atoms with E-state index in [1.54, 1.807) is 38.5 Å². The Bertz CT molecular complexity index is 974. The van der Waals surface area contributed by atoms with Gasteiger partial charge in [-0.25, -0.2) is 13.8 Å². The molecule has 28 heavy (non-hydrogen) atoms. The maximum atomic E-state index is 13.7. The van der Waals surface area contributed by atoms with Gasteiger partial charge in [-0.15, -0.1) is 0 Å². The average molecular weight is 385 g/mol. The Kier molecular flexibility index (Phi) is 5.69. The van der Waals surface area contributed by atoms with Crippen molar-refractivity contribution in [2.24, 2.45) is 0 Å². The van der Waals surface area contributed by atoms with Crippen LogP contribution in [0.15, 0.2) is 54.7 Å². The lowest BCUT2D eigenvalue weighted by molar-refractivity contribution is 0.102. The highest BCUT2D eigenvalue weighted by molar-refractivity contribution is 6.03. The molecular formula is C20H17F2N3O3. The second-order valence-corrected chi connectivity index (χ2v) is 5.67. The molecule has 2 N–H and O–H groups in total. The number of pyridine rings is 1. The molecule has 2 aromatic carbocycles. The number of carbonyl (C=O) groups is 1. The first-order valence-electron chi connectivity index (χ1n) is 8.22. The lowest BCUT2D eigenvalue weighted by Crippen LogP contribution is -2.15. The summed E-state index contributed by atoms with van der Waals surface area (Å²) in [6.07, 6.45) is 1.42. The highest BCUT2D eigenvalue weighted by Crippen LogP contribution is 2.31. The molecule has 6 nitrogen and oxygen atoms in total. The third-order valence-electron chi connectivity index (χ3n) is 3.88. The minimum Gasteiger partial charge on any atom is -0.497 e. The molecule has 1 aromatic heterocycles. The molecule has 3 aromatic rings. The van der Waals surface area contributed by atoms with Crippen LogP contribution in [0.1, 0.15) is 10.5 Å². The van der Waals surface area contributed by atoms with Crippen LogP contribution in [0.25, 0.3) is 0 Å². The van der Waals surface area contributed by atoms with Crippen LogP contribution in [-0.2, 0) is 0 Å². The zero-order valence-electron chi connectivity index (χ0n) is 15.1. The summed E-state index contributed by atoms with van der Waals surface area (Å²) in [5, 5.41) is 5.30. The van der Waals surface area contributed by atoms with E-state index in [2.05, 4.69) is 15.6 Å². The predicted octanol–water partition coefficient (Wildman–Crippen LogP) is 4.37. The maximum absolute atomic E-state index is 13.7. The number of methoxy groups -OCH3 is 2. The Morgan fingerprint density at radius 3 is 2.36 bits per heavy atom. The van der Waals surface area contributed by atoms with Crippen molar-refractivity contribution in [3.63, 3.8) is 0 Å². The Labute approximate surface area is 160 Å². The first-order valence-corrected chi connectivity index (χ1v) is 8.22. The molecule has 1 amide bonds. The van der Waals surface area contributed by atoms with Crippen LogP contribution in [-0.4, -0.2) is 25.1 Å². The lowest BCUT2D eigenvalue weighted by Gasteiger charge is -2.13. The standard InChI is InChI=1S/C20H17F2N3O3/c1-27-13-7-9-18(28-2)17(10-13)24-12-6-8-16(23-11-12)20(26)25-19-14(21)4-3-5-15(19)22/h3-11,24H,1-2H3,(H,25,26). The van der Waals surface area contributed by atoms with E-state index in [1.807, 2.05) is 0 Å². The van der Waals surface area contributed by atoms with Gasteiger partial charge in [0.05, 0.1) is 31.8 Å². The van der Waals surface area contributed by atoms with Crippen molar-refractivity contribution in [1.82, 2.24) is 4.98 Å². The van der Waals surface area contributed by atoms with Gasteiger partial charge in [-0.2, -0.15) is 0 Å². The van der Waals surface area contributed by atoms with E-state index in [-0.39, 0.29) is 5.69 Å². The van der Waals surface area contributed by atoms with Crippen LogP contribution in [0.2, 0.25) is 0 Å². The molecule has 0 aliphatic heterocycles. The van der Waals surface area contributed by atoms with Gasteiger partial charge in [-0.05, 0) is 36.4 Å². The molecular weight excluding hydrogens is 368 g/mol. The Morgan fingerprint density at radius 1 is 1.00 bits per heavy atom. The fourth-order valence-corrected chi connectivity index (χ4v) is 2.46. The first kappa shape index (κ1) is 19.1. The van der Waals surface area contributed by atoms with Crippen LogP contribution in [0, 0.1) is 11.6 Å². The highest BCUT2D eigenvalue weighted by Gasteiger charge is 2.14. The number of para-hydroxylation sites is 1. The summed E-state index contributed by atoms with van der Waals surface area (Å²) in [6.45, 7) is 0. The highest BCUT2D eigenvalue weighted by atomic mass is 19.1. The molecule has 3 rings (SSSR count). The fraction of sp³-hybridized carbons (Fsp3) is 0.100. The number of nitrogens with zero attached hydrogens (tertiary/aromatic N) is 1. The van der Waals surface area contributed by atoms with Crippen molar-refractivity contribution in [3.8, 4) is 11.5 Å². The lowest BCUT2D eigenvalue weighted by atomic mass is 10.2. The van der Waals surface area contributed by atoms with Gasteiger partial charge in [0.1, 0.15) is 34.5 Å². The quantitative estimate of drug-likeness (QED) is 0.659. The molecule has 0 aliphatic carbocycles. The molecule has 0 spiro atoms. The smallest absolute Gasteiger partial charge is 0.274 e. The molecule has 0 radical (unpaired) electrons. The third-order valence-corrected chi connectivity index (χ3v) is 3.88. The summed E-state index contributed by atoms with van der Waals surface area (Å²) in [4.78, 5) is 16.2. The van der Waals surface area contributed by atoms with Crippen LogP contribution in [0.3, 0.4) is 0 Å². The first-order chi connectivity index (χ1) is 13.5. The van der Waals surface area contributed by atoms with Crippen molar-refractivity contribution in [3.05, 3.63) is 72.1 Å². The summed E-state index contributed by atoms with van der Waals surface area (Å²) >= 11 is 0. The average Bonchev–Trinajstić information content (AvgIpc) is 2.71. The van der Waals surface area contributed by atoms with Gasteiger partial charge >= 0.3 is 0 Å². The second kappa shape index (κ2) is 8.34. The Balaban J connectivity index is 1.76. The molecule has 0 bridgehead atoms. The minimum atomic E-state index is -0.864. The Hall–Kier alpha value is -3.68. The van der Waals surface area contributed by atoms with Crippen LogP contribution < -0.4 is 20.1 Å². The molecule has 0 atom stereocenters. The largest absolute Gasteiger partial charge is 0.497 e. The number of anilines is 3. The van der Waals surface area contributed by atoms with E-state index >= 15 is 0 Å². The summed E-state index contributed by atoms with van der Waals surface area (Å²) in [6, 6.07) is 11.6. The Morgan fingerprint density at radius 2 is 1.75 bits per heavy atom. The molecule has 8 heteroatoms. The molecule has 0 saturated heterocycles.